The minimum atomic E-state index is 0.0738. The fraction of sp³-hybridized carbons (Fsp3) is 0.533. The van der Waals surface area contributed by atoms with Gasteiger partial charge in [0.05, 0.1) is 6.54 Å². The molecule has 2 rings (SSSR count). The standard InChI is InChI=1S/C15H22N2O2/c16-12-15(7-4-8-15)11-14(18)17-9-10-19-13-5-2-1-3-6-13/h1-3,5-6H,4,7-12,16H2,(H,17,18). The Labute approximate surface area is 114 Å². The molecule has 1 aliphatic rings. The largest absolute Gasteiger partial charge is 0.492 e. The SMILES string of the molecule is NCC1(CC(=O)NCCOc2ccccc2)CCC1. The molecule has 0 heterocycles. The third-order valence-electron chi connectivity index (χ3n) is 3.82. The smallest absolute Gasteiger partial charge is 0.220 e. The molecule has 0 bridgehead atoms. The molecule has 0 aromatic heterocycles. The molecule has 1 aromatic carbocycles. The molecule has 0 spiro atoms. The highest BCUT2D eigenvalue weighted by Crippen LogP contribution is 2.42. The number of nitrogens with one attached hydrogen (secondary N) is 1. The molecular weight excluding hydrogens is 240 g/mol. The van der Waals surface area contributed by atoms with Gasteiger partial charge in [-0.25, -0.2) is 0 Å². The van der Waals surface area contributed by atoms with E-state index >= 15 is 0 Å². The van der Waals surface area contributed by atoms with Gasteiger partial charge < -0.3 is 15.8 Å². The number of hydrogen-bond acceptors (Lipinski definition) is 3. The van der Waals surface area contributed by atoms with Gasteiger partial charge in [0, 0.05) is 6.42 Å². The van der Waals surface area contributed by atoms with Crippen molar-refractivity contribution in [3.8, 4) is 5.75 Å². The first-order valence-electron chi connectivity index (χ1n) is 6.89. The van der Waals surface area contributed by atoms with Crippen molar-refractivity contribution >= 4 is 5.91 Å². The van der Waals surface area contributed by atoms with Crippen LogP contribution < -0.4 is 15.8 Å². The van der Waals surface area contributed by atoms with E-state index in [2.05, 4.69) is 5.32 Å². The van der Waals surface area contributed by atoms with Gasteiger partial charge in [0.1, 0.15) is 12.4 Å². The van der Waals surface area contributed by atoms with Crippen LogP contribution in [0.25, 0.3) is 0 Å². The van der Waals surface area contributed by atoms with Crippen molar-refractivity contribution < 1.29 is 9.53 Å². The summed E-state index contributed by atoms with van der Waals surface area (Å²) in [5.74, 6) is 0.913. The normalized spacial score (nSPS) is 16.5. The highest BCUT2D eigenvalue weighted by Gasteiger charge is 2.37. The molecule has 0 unspecified atom stereocenters. The average molecular weight is 262 g/mol. The van der Waals surface area contributed by atoms with Crippen LogP contribution in [0, 0.1) is 5.41 Å². The molecule has 0 saturated heterocycles. The second-order valence-electron chi connectivity index (χ2n) is 5.25. The minimum absolute atomic E-state index is 0.0738. The van der Waals surface area contributed by atoms with Crippen molar-refractivity contribution in [2.75, 3.05) is 19.7 Å². The van der Waals surface area contributed by atoms with E-state index in [4.69, 9.17) is 10.5 Å². The molecule has 0 aliphatic heterocycles. The number of para-hydroxylation sites is 1. The van der Waals surface area contributed by atoms with E-state index in [1.165, 1.54) is 6.42 Å². The number of amides is 1. The van der Waals surface area contributed by atoms with E-state index < -0.39 is 0 Å². The van der Waals surface area contributed by atoms with Gasteiger partial charge in [0.15, 0.2) is 0 Å². The van der Waals surface area contributed by atoms with Gasteiger partial charge in [-0.05, 0) is 36.9 Å². The maximum atomic E-state index is 11.8. The van der Waals surface area contributed by atoms with E-state index in [1.54, 1.807) is 0 Å². The quantitative estimate of drug-likeness (QED) is 0.735. The van der Waals surface area contributed by atoms with Crippen LogP contribution in [0.4, 0.5) is 0 Å². The number of hydrogen-bond donors (Lipinski definition) is 2. The average Bonchev–Trinajstić information content (AvgIpc) is 2.40. The molecule has 4 heteroatoms. The molecule has 1 aliphatic carbocycles. The summed E-state index contributed by atoms with van der Waals surface area (Å²) in [4.78, 5) is 11.8. The Morgan fingerprint density at radius 1 is 1.32 bits per heavy atom. The number of rotatable bonds is 7. The van der Waals surface area contributed by atoms with Crippen LogP contribution in [0.3, 0.4) is 0 Å². The molecule has 1 saturated carbocycles. The summed E-state index contributed by atoms with van der Waals surface area (Å²) >= 11 is 0. The Morgan fingerprint density at radius 3 is 2.63 bits per heavy atom. The van der Waals surface area contributed by atoms with Crippen LogP contribution in [-0.2, 0) is 4.79 Å². The van der Waals surface area contributed by atoms with Crippen LogP contribution in [-0.4, -0.2) is 25.6 Å². The van der Waals surface area contributed by atoms with Gasteiger partial charge >= 0.3 is 0 Å². The van der Waals surface area contributed by atoms with Gasteiger partial charge in [-0.15, -0.1) is 0 Å². The second-order valence-corrected chi connectivity index (χ2v) is 5.25. The fourth-order valence-electron chi connectivity index (χ4n) is 2.41. The topological polar surface area (TPSA) is 64.4 Å². The molecule has 19 heavy (non-hydrogen) atoms. The summed E-state index contributed by atoms with van der Waals surface area (Å²) in [5, 5.41) is 2.89. The van der Waals surface area contributed by atoms with Crippen molar-refractivity contribution in [3.63, 3.8) is 0 Å². The zero-order chi connectivity index (χ0) is 13.6. The van der Waals surface area contributed by atoms with Crippen LogP contribution in [0.5, 0.6) is 5.75 Å². The lowest BCUT2D eigenvalue weighted by atomic mass is 9.66. The molecule has 0 radical (unpaired) electrons. The van der Waals surface area contributed by atoms with Crippen molar-refractivity contribution in [2.24, 2.45) is 11.1 Å². The van der Waals surface area contributed by atoms with Crippen LogP contribution in [0.1, 0.15) is 25.7 Å². The molecule has 3 N–H and O–H groups in total. The number of carbonyl (C=O) groups is 1. The first-order chi connectivity index (χ1) is 9.24. The third kappa shape index (κ3) is 3.96. The van der Waals surface area contributed by atoms with Gasteiger partial charge in [0.2, 0.25) is 5.91 Å². The van der Waals surface area contributed by atoms with Gasteiger partial charge in [-0.1, -0.05) is 24.6 Å². The lowest BCUT2D eigenvalue weighted by Crippen LogP contribution is -2.42. The molecule has 1 aromatic rings. The lowest BCUT2D eigenvalue weighted by molar-refractivity contribution is -0.124. The zero-order valence-electron chi connectivity index (χ0n) is 11.2. The summed E-state index contributed by atoms with van der Waals surface area (Å²) in [5.41, 5.74) is 5.82. The highest BCUT2D eigenvalue weighted by molar-refractivity contribution is 5.76. The summed E-state index contributed by atoms with van der Waals surface area (Å²) in [6.45, 7) is 1.64. The zero-order valence-corrected chi connectivity index (χ0v) is 11.2. The van der Waals surface area contributed by atoms with Gasteiger partial charge in [-0.2, -0.15) is 0 Å². The summed E-state index contributed by atoms with van der Waals surface area (Å²) in [6.07, 6.45) is 3.91. The molecule has 4 nitrogen and oxygen atoms in total. The van der Waals surface area contributed by atoms with Crippen molar-refractivity contribution in [2.45, 2.75) is 25.7 Å². The highest BCUT2D eigenvalue weighted by atomic mass is 16.5. The molecule has 1 amide bonds. The van der Waals surface area contributed by atoms with Crippen molar-refractivity contribution in [1.82, 2.24) is 5.32 Å². The van der Waals surface area contributed by atoms with Crippen LogP contribution in [0.15, 0.2) is 30.3 Å². The first kappa shape index (κ1) is 13.9. The maximum absolute atomic E-state index is 11.8. The van der Waals surface area contributed by atoms with Crippen LogP contribution >= 0.6 is 0 Å². The predicted molar refractivity (Wildman–Crippen MR) is 74.9 cm³/mol. The molecular formula is C15H22N2O2. The first-order valence-corrected chi connectivity index (χ1v) is 6.89. The second kappa shape index (κ2) is 6.57. The Kier molecular flexibility index (Phi) is 4.80. The fourth-order valence-corrected chi connectivity index (χ4v) is 2.41. The van der Waals surface area contributed by atoms with Crippen molar-refractivity contribution in [3.05, 3.63) is 30.3 Å². The summed E-state index contributed by atoms with van der Waals surface area (Å²) in [6, 6.07) is 9.60. The van der Waals surface area contributed by atoms with E-state index in [-0.39, 0.29) is 11.3 Å². The van der Waals surface area contributed by atoms with E-state index in [1.807, 2.05) is 30.3 Å². The Morgan fingerprint density at radius 2 is 2.05 bits per heavy atom. The predicted octanol–water partition coefficient (Wildman–Crippen LogP) is 1.70. The van der Waals surface area contributed by atoms with E-state index in [0.29, 0.717) is 26.1 Å². The summed E-state index contributed by atoms with van der Waals surface area (Å²) in [7, 11) is 0. The number of ether oxygens (including phenoxy) is 1. The molecule has 104 valence electrons. The Balaban J connectivity index is 1.62. The van der Waals surface area contributed by atoms with Crippen LogP contribution in [0.2, 0.25) is 0 Å². The Bertz CT molecular complexity index is 396. The number of nitrogens with two attached hydrogens (primary N) is 1. The van der Waals surface area contributed by atoms with E-state index in [0.717, 1.165) is 18.6 Å². The minimum Gasteiger partial charge on any atom is -0.492 e. The van der Waals surface area contributed by atoms with Crippen molar-refractivity contribution in [1.29, 1.82) is 0 Å². The third-order valence-corrected chi connectivity index (χ3v) is 3.82. The number of carbonyl (C=O) groups excluding carboxylic acids is 1. The lowest BCUT2D eigenvalue weighted by Gasteiger charge is -2.40. The molecule has 0 atom stereocenters. The summed E-state index contributed by atoms with van der Waals surface area (Å²) < 4.78 is 5.51. The van der Waals surface area contributed by atoms with Gasteiger partial charge in [0.25, 0.3) is 0 Å². The van der Waals surface area contributed by atoms with Gasteiger partial charge in [-0.3, -0.25) is 4.79 Å². The number of benzene rings is 1. The monoisotopic (exact) mass is 262 g/mol. The maximum Gasteiger partial charge on any atom is 0.220 e. The molecule has 1 fully saturated rings. The Hall–Kier alpha value is -1.55. The van der Waals surface area contributed by atoms with E-state index in [9.17, 15) is 4.79 Å².